The number of rotatable bonds is 3. The fourth-order valence-electron chi connectivity index (χ4n) is 1.96. The highest BCUT2D eigenvalue weighted by molar-refractivity contribution is 7.14. The van der Waals surface area contributed by atoms with Gasteiger partial charge in [0, 0.05) is 16.5 Å². The number of benzene rings is 2. The summed E-state index contributed by atoms with van der Waals surface area (Å²) in [5.74, 6) is -0.669. The van der Waals surface area contributed by atoms with Crippen molar-refractivity contribution < 1.29 is 9.18 Å². The zero-order valence-corrected chi connectivity index (χ0v) is 12.7. The first-order valence-electron chi connectivity index (χ1n) is 6.71. The van der Waals surface area contributed by atoms with E-state index in [0.29, 0.717) is 10.7 Å². The summed E-state index contributed by atoms with van der Waals surface area (Å²) < 4.78 is 12.9. The second-order valence-electron chi connectivity index (χ2n) is 4.86. The Morgan fingerprint density at radius 3 is 2.45 bits per heavy atom. The summed E-state index contributed by atoms with van der Waals surface area (Å²) in [5, 5.41) is 5.14. The third kappa shape index (κ3) is 3.20. The van der Waals surface area contributed by atoms with Crippen molar-refractivity contribution in [1.82, 2.24) is 4.98 Å². The maximum atomic E-state index is 12.9. The number of nitrogens with zero attached hydrogens (tertiary/aromatic N) is 1. The SMILES string of the molecule is Cc1ccc(-c2csc(NC(=O)c3ccc(F)cc3)n2)cc1. The van der Waals surface area contributed by atoms with Gasteiger partial charge >= 0.3 is 0 Å². The van der Waals surface area contributed by atoms with Crippen LogP contribution in [0.3, 0.4) is 0 Å². The molecule has 0 atom stereocenters. The van der Waals surface area contributed by atoms with Gasteiger partial charge in [0.25, 0.3) is 5.91 Å². The van der Waals surface area contributed by atoms with Crippen LogP contribution in [0.1, 0.15) is 15.9 Å². The molecule has 0 aliphatic carbocycles. The number of carbonyl (C=O) groups excluding carboxylic acids is 1. The minimum absolute atomic E-state index is 0.301. The van der Waals surface area contributed by atoms with Gasteiger partial charge in [0.05, 0.1) is 5.69 Å². The first-order valence-corrected chi connectivity index (χ1v) is 7.59. The maximum absolute atomic E-state index is 12.9. The van der Waals surface area contributed by atoms with E-state index in [1.54, 1.807) is 0 Å². The van der Waals surface area contributed by atoms with E-state index in [4.69, 9.17) is 0 Å². The Kier molecular flexibility index (Phi) is 3.98. The van der Waals surface area contributed by atoms with Crippen molar-refractivity contribution in [3.8, 4) is 11.3 Å². The number of halogens is 1. The minimum Gasteiger partial charge on any atom is -0.298 e. The fourth-order valence-corrected chi connectivity index (χ4v) is 2.67. The zero-order chi connectivity index (χ0) is 15.5. The van der Waals surface area contributed by atoms with Crippen molar-refractivity contribution >= 4 is 22.4 Å². The molecule has 3 aromatic rings. The summed E-state index contributed by atoms with van der Waals surface area (Å²) >= 11 is 1.36. The lowest BCUT2D eigenvalue weighted by molar-refractivity contribution is 0.102. The van der Waals surface area contributed by atoms with E-state index in [-0.39, 0.29) is 11.7 Å². The average Bonchev–Trinajstić information content (AvgIpc) is 2.97. The van der Waals surface area contributed by atoms with Crippen molar-refractivity contribution in [3.05, 3.63) is 70.9 Å². The molecule has 0 aliphatic rings. The van der Waals surface area contributed by atoms with E-state index >= 15 is 0 Å². The molecule has 1 aromatic heterocycles. The molecule has 1 N–H and O–H groups in total. The molecule has 3 rings (SSSR count). The molecular formula is C17H13FN2OS. The Hall–Kier alpha value is -2.53. The number of carbonyl (C=O) groups is 1. The Labute approximate surface area is 131 Å². The predicted molar refractivity (Wildman–Crippen MR) is 86.6 cm³/mol. The van der Waals surface area contributed by atoms with Gasteiger partial charge in [-0.25, -0.2) is 9.37 Å². The van der Waals surface area contributed by atoms with Crippen LogP contribution in [-0.2, 0) is 0 Å². The molecule has 5 heteroatoms. The minimum atomic E-state index is -0.368. The van der Waals surface area contributed by atoms with Gasteiger partial charge in [-0.3, -0.25) is 10.1 Å². The van der Waals surface area contributed by atoms with Crippen LogP contribution in [0.2, 0.25) is 0 Å². The predicted octanol–water partition coefficient (Wildman–Crippen LogP) is 4.51. The standard InChI is InChI=1S/C17H13FN2OS/c1-11-2-4-12(5-3-11)15-10-22-17(19-15)20-16(21)13-6-8-14(18)9-7-13/h2-10H,1H3,(H,19,20,21). The van der Waals surface area contributed by atoms with Gasteiger partial charge in [0.1, 0.15) is 5.82 Å². The quantitative estimate of drug-likeness (QED) is 0.773. The maximum Gasteiger partial charge on any atom is 0.257 e. The van der Waals surface area contributed by atoms with Crippen molar-refractivity contribution in [3.63, 3.8) is 0 Å². The van der Waals surface area contributed by atoms with Crippen LogP contribution in [0, 0.1) is 12.7 Å². The molecule has 0 saturated heterocycles. The number of anilines is 1. The second-order valence-corrected chi connectivity index (χ2v) is 5.72. The van der Waals surface area contributed by atoms with Crippen LogP contribution in [0.15, 0.2) is 53.9 Å². The lowest BCUT2D eigenvalue weighted by Gasteiger charge is -2.01. The molecule has 22 heavy (non-hydrogen) atoms. The molecule has 0 aliphatic heterocycles. The topological polar surface area (TPSA) is 42.0 Å². The van der Waals surface area contributed by atoms with Crippen LogP contribution in [0.5, 0.6) is 0 Å². The summed E-state index contributed by atoms with van der Waals surface area (Å²) in [6, 6.07) is 13.4. The van der Waals surface area contributed by atoms with Crippen molar-refractivity contribution in [2.75, 3.05) is 5.32 Å². The molecule has 3 nitrogen and oxygen atoms in total. The molecule has 0 spiro atoms. The Bertz CT molecular complexity index is 794. The summed E-state index contributed by atoms with van der Waals surface area (Å²) in [5.41, 5.74) is 3.40. The molecular weight excluding hydrogens is 299 g/mol. The molecule has 0 bridgehead atoms. The number of aromatic nitrogens is 1. The van der Waals surface area contributed by atoms with E-state index in [1.165, 1.54) is 41.2 Å². The van der Waals surface area contributed by atoms with Gasteiger partial charge in [0.2, 0.25) is 0 Å². The highest BCUT2D eigenvalue weighted by Crippen LogP contribution is 2.25. The van der Waals surface area contributed by atoms with Crippen molar-refractivity contribution in [2.45, 2.75) is 6.92 Å². The van der Waals surface area contributed by atoms with Gasteiger partial charge in [0.15, 0.2) is 5.13 Å². The van der Waals surface area contributed by atoms with Crippen LogP contribution >= 0.6 is 11.3 Å². The number of thiazole rings is 1. The van der Waals surface area contributed by atoms with Gasteiger partial charge in [-0.15, -0.1) is 11.3 Å². The summed E-state index contributed by atoms with van der Waals surface area (Å²) in [4.78, 5) is 16.5. The highest BCUT2D eigenvalue weighted by atomic mass is 32.1. The van der Waals surface area contributed by atoms with Crippen molar-refractivity contribution in [1.29, 1.82) is 0 Å². The Balaban J connectivity index is 1.75. The molecule has 110 valence electrons. The van der Waals surface area contributed by atoms with E-state index in [0.717, 1.165) is 11.3 Å². The normalized spacial score (nSPS) is 10.5. The average molecular weight is 312 g/mol. The van der Waals surface area contributed by atoms with Crippen molar-refractivity contribution in [2.24, 2.45) is 0 Å². The lowest BCUT2D eigenvalue weighted by atomic mass is 10.1. The monoisotopic (exact) mass is 312 g/mol. The number of amides is 1. The molecule has 0 fully saturated rings. The number of aryl methyl sites for hydroxylation is 1. The lowest BCUT2D eigenvalue weighted by Crippen LogP contribution is -2.11. The highest BCUT2D eigenvalue weighted by Gasteiger charge is 2.10. The summed E-state index contributed by atoms with van der Waals surface area (Å²) in [6.07, 6.45) is 0. The van der Waals surface area contributed by atoms with E-state index in [2.05, 4.69) is 10.3 Å². The Morgan fingerprint density at radius 2 is 1.77 bits per heavy atom. The summed E-state index contributed by atoms with van der Waals surface area (Å²) in [7, 11) is 0. The number of hydrogen-bond acceptors (Lipinski definition) is 3. The number of nitrogens with one attached hydrogen (secondary N) is 1. The zero-order valence-electron chi connectivity index (χ0n) is 11.8. The molecule has 0 saturated carbocycles. The van der Waals surface area contributed by atoms with Gasteiger partial charge in [-0.2, -0.15) is 0 Å². The fraction of sp³-hybridized carbons (Fsp3) is 0.0588. The van der Waals surface area contributed by atoms with Crippen LogP contribution in [-0.4, -0.2) is 10.9 Å². The third-order valence-electron chi connectivity index (χ3n) is 3.18. The van der Waals surface area contributed by atoms with E-state index < -0.39 is 0 Å². The Morgan fingerprint density at radius 1 is 1.09 bits per heavy atom. The first kappa shape index (κ1) is 14.4. The first-order chi connectivity index (χ1) is 10.6. The van der Waals surface area contributed by atoms with E-state index in [9.17, 15) is 9.18 Å². The smallest absolute Gasteiger partial charge is 0.257 e. The largest absolute Gasteiger partial charge is 0.298 e. The van der Waals surface area contributed by atoms with Crippen LogP contribution in [0.4, 0.5) is 9.52 Å². The second kappa shape index (κ2) is 6.07. The van der Waals surface area contributed by atoms with E-state index in [1.807, 2.05) is 36.6 Å². The third-order valence-corrected chi connectivity index (χ3v) is 3.94. The summed E-state index contributed by atoms with van der Waals surface area (Å²) in [6.45, 7) is 2.03. The molecule has 1 amide bonds. The molecule has 0 radical (unpaired) electrons. The molecule has 2 aromatic carbocycles. The van der Waals surface area contributed by atoms with Gasteiger partial charge in [-0.05, 0) is 31.2 Å². The van der Waals surface area contributed by atoms with Gasteiger partial charge in [-0.1, -0.05) is 29.8 Å². The van der Waals surface area contributed by atoms with Crippen LogP contribution in [0.25, 0.3) is 11.3 Å². The van der Waals surface area contributed by atoms with Gasteiger partial charge < -0.3 is 0 Å². The molecule has 1 heterocycles. The molecule has 0 unspecified atom stereocenters. The van der Waals surface area contributed by atoms with Crippen LogP contribution < -0.4 is 5.32 Å². The number of hydrogen-bond donors (Lipinski definition) is 1.